The van der Waals surface area contributed by atoms with E-state index in [2.05, 4.69) is 0 Å². The Balaban J connectivity index is 2.42. The van der Waals surface area contributed by atoms with Gasteiger partial charge in [0.25, 0.3) is 0 Å². The molecule has 0 amide bonds. The molecule has 4 heteroatoms. The van der Waals surface area contributed by atoms with Gasteiger partial charge in [-0.15, -0.1) is 0 Å². The Labute approximate surface area is 117 Å². The van der Waals surface area contributed by atoms with E-state index in [1.54, 1.807) is 33.1 Å². The van der Waals surface area contributed by atoms with Gasteiger partial charge in [-0.3, -0.25) is 0 Å². The summed E-state index contributed by atoms with van der Waals surface area (Å²) in [6, 6.07) is 13.8. The van der Waals surface area contributed by atoms with E-state index in [0.717, 1.165) is 21.3 Å². The third-order valence-corrected chi connectivity index (χ3v) is 3.75. The lowest BCUT2D eigenvalue weighted by Gasteiger charge is -2.14. The summed E-state index contributed by atoms with van der Waals surface area (Å²) in [5.41, 5.74) is 0. The standard InChI is InChI=1S/C15H16O3S/c1-16-11-9-13(17-2)15(14(10-11)18-3)19-12-7-5-4-6-8-12/h4-10H,1-3H3. The first kappa shape index (κ1) is 13.6. The molecule has 0 aromatic heterocycles. The number of benzene rings is 2. The van der Waals surface area contributed by atoms with Gasteiger partial charge in [-0.05, 0) is 12.1 Å². The molecule has 2 aromatic carbocycles. The smallest absolute Gasteiger partial charge is 0.140 e. The summed E-state index contributed by atoms with van der Waals surface area (Å²) in [7, 11) is 4.91. The van der Waals surface area contributed by atoms with Crippen molar-refractivity contribution in [3.05, 3.63) is 42.5 Å². The Morgan fingerprint density at radius 3 is 1.84 bits per heavy atom. The molecule has 3 nitrogen and oxygen atoms in total. The van der Waals surface area contributed by atoms with Crippen molar-refractivity contribution in [3.8, 4) is 17.2 Å². The molecule has 0 bridgehead atoms. The van der Waals surface area contributed by atoms with Crippen molar-refractivity contribution in [2.45, 2.75) is 9.79 Å². The molecular formula is C15H16O3S. The Hall–Kier alpha value is -1.81. The predicted molar refractivity (Wildman–Crippen MR) is 76.7 cm³/mol. The van der Waals surface area contributed by atoms with E-state index < -0.39 is 0 Å². The van der Waals surface area contributed by atoms with Crippen LogP contribution >= 0.6 is 11.8 Å². The summed E-state index contributed by atoms with van der Waals surface area (Å²) in [6.45, 7) is 0. The van der Waals surface area contributed by atoms with E-state index in [1.165, 1.54) is 0 Å². The summed E-state index contributed by atoms with van der Waals surface area (Å²) < 4.78 is 16.1. The molecule has 2 rings (SSSR count). The van der Waals surface area contributed by atoms with Crippen molar-refractivity contribution in [3.63, 3.8) is 0 Å². The zero-order valence-corrected chi connectivity index (χ0v) is 12.0. The monoisotopic (exact) mass is 276 g/mol. The minimum Gasteiger partial charge on any atom is -0.496 e. The van der Waals surface area contributed by atoms with Gasteiger partial charge in [0, 0.05) is 17.0 Å². The van der Waals surface area contributed by atoms with Crippen molar-refractivity contribution in [2.24, 2.45) is 0 Å². The Bertz CT molecular complexity index is 515. The van der Waals surface area contributed by atoms with Crippen molar-refractivity contribution in [2.75, 3.05) is 21.3 Å². The topological polar surface area (TPSA) is 27.7 Å². The first-order chi connectivity index (χ1) is 9.28. The first-order valence-corrected chi connectivity index (χ1v) is 6.63. The molecule has 0 N–H and O–H groups in total. The summed E-state index contributed by atoms with van der Waals surface area (Å²) in [5, 5.41) is 0. The van der Waals surface area contributed by atoms with Gasteiger partial charge in [-0.1, -0.05) is 30.0 Å². The van der Waals surface area contributed by atoms with Gasteiger partial charge in [0.15, 0.2) is 0 Å². The molecule has 0 aliphatic heterocycles. The van der Waals surface area contributed by atoms with Crippen molar-refractivity contribution >= 4 is 11.8 Å². The van der Waals surface area contributed by atoms with E-state index in [1.807, 2.05) is 42.5 Å². The zero-order valence-electron chi connectivity index (χ0n) is 11.2. The molecule has 0 radical (unpaired) electrons. The average Bonchev–Trinajstić information content (AvgIpc) is 2.48. The van der Waals surface area contributed by atoms with Crippen LogP contribution in [0, 0.1) is 0 Å². The second-order valence-corrected chi connectivity index (χ2v) is 4.86. The molecule has 0 saturated carbocycles. The highest BCUT2D eigenvalue weighted by Crippen LogP contribution is 2.44. The maximum absolute atomic E-state index is 5.42. The fraction of sp³-hybridized carbons (Fsp3) is 0.200. The fourth-order valence-electron chi connectivity index (χ4n) is 1.68. The molecule has 0 fully saturated rings. The van der Waals surface area contributed by atoms with E-state index in [0.29, 0.717) is 5.75 Å². The number of hydrogen-bond donors (Lipinski definition) is 0. The Morgan fingerprint density at radius 1 is 0.789 bits per heavy atom. The van der Waals surface area contributed by atoms with E-state index in [9.17, 15) is 0 Å². The van der Waals surface area contributed by atoms with Crippen LogP contribution in [0.1, 0.15) is 0 Å². The minimum atomic E-state index is 0.714. The van der Waals surface area contributed by atoms with Gasteiger partial charge in [0.05, 0.1) is 26.2 Å². The van der Waals surface area contributed by atoms with Crippen LogP contribution in [0.2, 0.25) is 0 Å². The van der Waals surface area contributed by atoms with Crippen molar-refractivity contribution < 1.29 is 14.2 Å². The van der Waals surface area contributed by atoms with E-state index >= 15 is 0 Å². The van der Waals surface area contributed by atoms with Crippen LogP contribution in [-0.2, 0) is 0 Å². The van der Waals surface area contributed by atoms with E-state index in [4.69, 9.17) is 14.2 Å². The molecule has 0 spiro atoms. The quantitative estimate of drug-likeness (QED) is 0.828. The second-order valence-electron chi connectivity index (χ2n) is 3.78. The van der Waals surface area contributed by atoms with Crippen molar-refractivity contribution in [1.29, 1.82) is 0 Å². The molecule has 0 saturated heterocycles. The summed E-state index contributed by atoms with van der Waals surface area (Å²) >= 11 is 1.60. The maximum Gasteiger partial charge on any atom is 0.140 e. The molecule has 19 heavy (non-hydrogen) atoms. The number of ether oxygens (including phenoxy) is 3. The molecule has 0 unspecified atom stereocenters. The lowest BCUT2D eigenvalue weighted by Crippen LogP contribution is -1.94. The van der Waals surface area contributed by atoms with Gasteiger partial charge < -0.3 is 14.2 Å². The zero-order chi connectivity index (χ0) is 13.7. The van der Waals surface area contributed by atoms with Gasteiger partial charge >= 0.3 is 0 Å². The van der Waals surface area contributed by atoms with Crippen LogP contribution in [0.15, 0.2) is 52.3 Å². The molecule has 2 aromatic rings. The molecule has 100 valence electrons. The number of hydrogen-bond acceptors (Lipinski definition) is 4. The van der Waals surface area contributed by atoms with Crippen LogP contribution in [0.5, 0.6) is 17.2 Å². The van der Waals surface area contributed by atoms with Crippen LogP contribution in [0.3, 0.4) is 0 Å². The number of rotatable bonds is 5. The largest absolute Gasteiger partial charge is 0.496 e. The minimum absolute atomic E-state index is 0.714. The highest BCUT2D eigenvalue weighted by atomic mass is 32.2. The highest BCUT2D eigenvalue weighted by Gasteiger charge is 2.14. The summed E-state index contributed by atoms with van der Waals surface area (Å²) in [5.74, 6) is 2.20. The summed E-state index contributed by atoms with van der Waals surface area (Å²) in [6.07, 6.45) is 0. The van der Waals surface area contributed by atoms with E-state index in [-0.39, 0.29) is 0 Å². The lowest BCUT2D eigenvalue weighted by atomic mass is 10.3. The predicted octanol–water partition coefficient (Wildman–Crippen LogP) is 3.86. The molecule has 0 atom stereocenters. The molecular weight excluding hydrogens is 260 g/mol. The Kier molecular flexibility index (Phi) is 4.58. The second kappa shape index (κ2) is 6.38. The maximum atomic E-state index is 5.42. The van der Waals surface area contributed by atoms with Crippen molar-refractivity contribution in [1.82, 2.24) is 0 Å². The van der Waals surface area contributed by atoms with Crippen LogP contribution in [0.4, 0.5) is 0 Å². The van der Waals surface area contributed by atoms with Gasteiger partial charge in [0.2, 0.25) is 0 Å². The first-order valence-electron chi connectivity index (χ1n) is 5.81. The molecule has 0 aliphatic carbocycles. The average molecular weight is 276 g/mol. The third-order valence-electron chi connectivity index (χ3n) is 2.63. The molecule has 0 aliphatic rings. The van der Waals surface area contributed by atoms with Crippen LogP contribution in [-0.4, -0.2) is 21.3 Å². The van der Waals surface area contributed by atoms with Crippen LogP contribution in [0.25, 0.3) is 0 Å². The highest BCUT2D eigenvalue weighted by molar-refractivity contribution is 7.99. The van der Waals surface area contributed by atoms with Gasteiger partial charge in [-0.25, -0.2) is 0 Å². The fourth-order valence-corrected chi connectivity index (χ4v) is 2.70. The summed E-state index contributed by atoms with van der Waals surface area (Å²) in [4.78, 5) is 2.07. The third kappa shape index (κ3) is 3.15. The SMILES string of the molecule is COc1cc(OC)c(Sc2ccccc2)c(OC)c1. The van der Waals surface area contributed by atoms with Gasteiger partial charge in [-0.2, -0.15) is 0 Å². The Morgan fingerprint density at radius 2 is 1.37 bits per heavy atom. The number of methoxy groups -OCH3 is 3. The lowest BCUT2D eigenvalue weighted by molar-refractivity contribution is 0.361. The van der Waals surface area contributed by atoms with Crippen LogP contribution < -0.4 is 14.2 Å². The normalized spacial score (nSPS) is 10.1. The van der Waals surface area contributed by atoms with Gasteiger partial charge in [0.1, 0.15) is 17.2 Å². The molecule has 0 heterocycles.